The largest absolute Gasteiger partial charge is 0.496 e. The number of carbonyl (C=O) groups excluding carboxylic acids is 1. The fourth-order valence-corrected chi connectivity index (χ4v) is 2.32. The molecule has 0 aliphatic heterocycles. The number of benzene rings is 1. The Bertz CT molecular complexity index is 622. The molecule has 2 aromatic rings. The predicted molar refractivity (Wildman–Crippen MR) is 84.2 cm³/mol. The molecule has 0 radical (unpaired) electrons. The highest BCUT2D eigenvalue weighted by molar-refractivity contribution is 5.87. The molecule has 118 valence electrons. The van der Waals surface area contributed by atoms with Crippen LogP contribution in [0.15, 0.2) is 36.8 Å². The van der Waals surface area contributed by atoms with E-state index in [0.717, 1.165) is 24.2 Å². The molecule has 0 aliphatic carbocycles. The monoisotopic (exact) mass is 302 g/mol. The molecule has 0 spiro atoms. The number of methoxy groups -OCH3 is 1. The molecule has 2 rings (SSSR count). The number of hydrogen-bond donors (Lipinski definition) is 0. The molecule has 0 saturated heterocycles. The number of ether oxygens (including phenoxy) is 2. The van der Waals surface area contributed by atoms with E-state index in [1.165, 1.54) is 0 Å². The first kappa shape index (κ1) is 16.1. The van der Waals surface area contributed by atoms with Crippen molar-refractivity contribution in [1.29, 1.82) is 0 Å². The summed E-state index contributed by atoms with van der Waals surface area (Å²) in [4.78, 5) is 16.3. The molecule has 0 aliphatic rings. The minimum absolute atomic E-state index is 0.0765. The fourth-order valence-electron chi connectivity index (χ4n) is 2.32. The van der Waals surface area contributed by atoms with Crippen LogP contribution in [0.2, 0.25) is 0 Å². The topological polar surface area (TPSA) is 53.3 Å². The van der Waals surface area contributed by atoms with Gasteiger partial charge >= 0.3 is 5.97 Å². The number of imidazole rings is 1. The van der Waals surface area contributed by atoms with Crippen molar-refractivity contribution in [2.45, 2.75) is 32.7 Å². The number of hydrogen-bond acceptors (Lipinski definition) is 4. The third kappa shape index (κ3) is 3.47. The summed E-state index contributed by atoms with van der Waals surface area (Å²) in [6.07, 6.45) is 5.04. The Hall–Kier alpha value is -2.30. The minimum Gasteiger partial charge on any atom is -0.496 e. The van der Waals surface area contributed by atoms with E-state index >= 15 is 0 Å². The van der Waals surface area contributed by atoms with E-state index in [9.17, 15) is 4.79 Å². The van der Waals surface area contributed by atoms with E-state index in [1.807, 2.05) is 35.8 Å². The smallest absolute Gasteiger partial charge is 0.356 e. The maximum absolute atomic E-state index is 12.2. The van der Waals surface area contributed by atoms with Crippen LogP contribution in [0.4, 0.5) is 0 Å². The van der Waals surface area contributed by atoms with E-state index in [4.69, 9.17) is 9.47 Å². The SMILES string of the molecule is CCCCOC(=O)c1cncn1C(C)c1ccccc1OC. The van der Waals surface area contributed by atoms with E-state index < -0.39 is 0 Å². The van der Waals surface area contributed by atoms with Gasteiger partial charge in [-0.25, -0.2) is 9.78 Å². The van der Waals surface area contributed by atoms with Gasteiger partial charge in [-0.1, -0.05) is 31.5 Å². The molecule has 0 N–H and O–H groups in total. The van der Waals surface area contributed by atoms with Crippen molar-refractivity contribution >= 4 is 5.97 Å². The molecule has 1 aromatic carbocycles. The Morgan fingerprint density at radius 3 is 2.86 bits per heavy atom. The van der Waals surface area contributed by atoms with Gasteiger partial charge in [-0.2, -0.15) is 0 Å². The summed E-state index contributed by atoms with van der Waals surface area (Å²) in [5.41, 5.74) is 1.44. The molecule has 22 heavy (non-hydrogen) atoms. The lowest BCUT2D eigenvalue weighted by Gasteiger charge is -2.18. The molecule has 0 bridgehead atoms. The second-order valence-electron chi connectivity index (χ2n) is 5.09. The summed E-state index contributed by atoms with van der Waals surface area (Å²) in [5.74, 6) is 0.446. The molecular weight excluding hydrogens is 280 g/mol. The molecule has 0 amide bonds. The van der Waals surface area contributed by atoms with Crippen LogP contribution >= 0.6 is 0 Å². The third-order valence-corrected chi connectivity index (χ3v) is 3.61. The number of carbonyl (C=O) groups is 1. The van der Waals surface area contributed by atoms with Gasteiger partial charge in [0.1, 0.15) is 11.4 Å². The molecule has 5 nitrogen and oxygen atoms in total. The first-order chi connectivity index (χ1) is 10.7. The maximum atomic E-state index is 12.2. The standard InChI is InChI=1S/C17H22N2O3/c1-4-5-10-22-17(20)15-11-18-12-19(15)13(2)14-8-6-7-9-16(14)21-3/h6-9,11-13H,4-5,10H2,1-3H3. The Labute approximate surface area is 130 Å². The van der Waals surface area contributed by atoms with E-state index in [0.29, 0.717) is 12.3 Å². The van der Waals surface area contributed by atoms with Gasteiger partial charge in [0, 0.05) is 5.56 Å². The number of para-hydroxylation sites is 1. The average Bonchev–Trinajstić information content (AvgIpc) is 3.04. The van der Waals surface area contributed by atoms with Crippen LogP contribution in [0.5, 0.6) is 5.75 Å². The number of esters is 1. The van der Waals surface area contributed by atoms with Crippen molar-refractivity contribution in [3.8, 4) is 5.75 Å². The van der Waals surface area contributed by atoms with Gasteiger partial charge in [0.15, 0.2) is 0 Å². The summed E-state index contributed by atoms with van der Waals surface area (Å²) >= 11 is 0. The van der Waals surface area contributed by atoms with Crippen LogP contribution in [-0.4, -0.2) is 29.2 Å². The summed E-state index contributed by atoms with van der Waals surface area (Å²) in [7, 11) is 1.64. The van der Waals surface area contributed by atoms with Crippen LogP contribution < -0.4 is 4.74 Å². The van der Waals surface area contributed by atoms with Crippen LogP contribution in [0, 0.1) is 0 Å². The van der Waals surface area contributed by atoms with Crippen LogP contribution in [-0.2, 0) is 4.74 Å². The molecular formula is C17H22N2O3. The Kier molecular flexibility index (Phi) is 5.58. The van der Waals surface area contributed by atoms with Crippen molar-refractivity contribution in [2.24, 2.45) is 0 Å². The lowest BCUT2D eigenvalue weighted by Crippen LogP contribution is -2.16. The van der Waals surface area contributed by atoms with Crippen molar-refractivity contribution in [2.75, 3.05) is 13.7 Å². The highest BCUT2D eigenvalue weighted by Gasteiger charge is 2.20. The quantitative estimate of drug-likeness (QED) is 0.580. The third-order valence-electron chi connectivity index (χ3n) is 3.61. The highest BCUT2D eigenvalue weighted by atomic mass is 16.5. The maximum Gasteiger partial charge on any atom is 0.356 e. The average molecular weight is 302 g/mol. The van der Waals surface area contributed by atoms with Gasteiger partial charge in [-0.3, -0.25) is 0 Å². The second-order valence-corrected chi connectivity index (χ2v) is 5.09. The summed E-state index contributed by atoms with van der Waals surface area (Å²) in [5, 5.41) is 0. The second kappa shape index (κ2) is 7.64. The summed E-state index contributed by atoms with van der Waals surface area (Å²) in [6.45, 7) is 4.49. The molecule has 1 unspecified atom stereocenters. The van der Waals surface area contributed by atoms with Crippen molar-refractivity contribution in [3.63, 3.8) is 0 Å². The van der Waals surface area contributed by atoms with Crippen molar-refractivity contribution in [1.82, 2.24) is 9.55 Å². The number of unbranched alkanes of at least 4 members (excludes halogenated alkanes) is 1. The molecule has 5 heteroatoms. The number of nitrogens with zero attached hydrogens (tertiary/aromatic N) is 2. The first-order valence-electron chi connectivity index (χ1n) is 7.50. The summed E-state index contributed by atoms with van der Waals surface area (Å²) < 4.78 is 12.5. The molecule has 1 atom stereocenters. The predicted octanol–water partition coefficient (Wildman–Crippen LogP) is 3.46. The lowest BCUT2D eigenvalue weighted by atomic mass is 10.1. The van der Waals surface area contributed by atoms with Crippen LogP contribution in [0.1, 0.15) is 48.8 Å². The molecule has 1 aromatic heterocycles. The minimum atomic E-state index is -0.340. The normalized spacial score (nSPS) is 12.0. The summed E-state index contributed by atoms with van der Waals surface area (Å²) in [6, 6.07) is 7.68. The van der Waals surface area contributed by atoms with Crippen LogP contribution in [0.25, 0.3) is 0 Å². The van der Waals surface area contributed by atoms with Gasteiger partial charge in [0.05, 0.1) is 32.3 Å². The Morgan fingerprint density at radius 2 is 2.14 bits per heavy atom. The fraction of sp³-hybridized carbons (Fsp3) is 0.412. The number of rotatable bonds is 7. The zero-order valence-electron chi connectivity index (χ0n) is 13.3. The van der Waals surface area contributed by atoms with Crippen LogP contribution in [0.3, 0.4) is 0 Å². The van der Waals surface area contributed by atoms with Gasteiger partial charge in [0.2, 0.25) is 0 Å². The van der Waals surface area contributed by atoms with Gasteiger partial charge in [-0.15, -0.1) is 0 Å². The van der Waals surface area contributed by atoms with Gasteiger partial charge in [-0.05, 0) is 19.4 Å². The zero-order valence-corrected chi connectivity index (χ0v) is 13.3. The Morgan fingerprint density at radius 1 is 1.36 bits per heavy atom. The Balaban J connectivity index is 2.22. The van der Waals surface area contributed by atoms with Gasteiger partial charge in [0.25, 0.3) is 0 Å². The van der Waals surface area contributed by atoms with E-state index in [2.05, 4.69) is 11.9 Å². The molecule has 1 heterocycles. The lowest BCUT2D eigenvalue weighted by molar-refractivity contribution is 0.0486. The zero-order chi connectivity index (χ0) is 15.9. The van der Waals surface area contributed by atoms with Gasteiger partial charge < -0.3 is 14.0 Å². The molecule has 0 fully saturated rings. The highest BCUT2D eigenvalue weighted by Crippen LogP contribution is 2.28. The number of aromatic nitrogens is 2. The van der Waals surface area contributed by atoms with Crippen molar-refractivity contribution < 1.29 is 14.3 Å². The van der Waals surface area contributed by atoms with E-state index in [-0.39, 0.29) is 12.0 Å². The molecule has 0 saturated carbocycles. The first-order valence-corrected chi connectivity index (χ1v) is 7.50. The van der Waals surface area contributed by atoms with E-state index in [1.54, 1.807) is 19.6 Å². The van der Waals surface area contributed by atoms with Crippen molar-refractivity contribution in [3.05, 3.63) is 48.0 Å².